The predicted molar refractivity (Wildman–Crippen MR) is 81.1 cm³/mol. The van der Waals surface area contributed by atoms with Gasteiger partial charge in [0.2, 0.25) is 0 Å². The molecular weight excluding hydrogens is 276 g/mol. The van der Waals surface area contributed by atoms with Crippen molar-refractivity contribution in [1.82, 2.24) is 4.90 Å². The Kier molecular flexibility index (Phi) is 4.67. The van der Waals surface area contributed by atoms with Crippen molar-refractivity contribution in [2.75, 3.05) is 50.5 Å². The molecule has 0 bridgehead atoms. The van der Waals surface area contributed by atoms with Crippen LogP contribution in [0.2, 0.25) is 0 Å². The van der Waals surface area contributed by atoms with Gasteiger partial charge in [-0.1, -0.05) is 6.58 Å². The highest BCUT2D eigenvalue weighted by molar-refractivity contribution is 5.75. The number of ether oxygens (including phenoxy) is 1. The number of anilines is 2. The molecule has 1 fully saturated rings. The van der Waals surface area contributed by atoms with E-state index in [2.05, 4.69) is 11.5 Å². The van der Waals surface area contributed by atoms with E-state index in [1.54, 1.807) is 11.8 Å². The zero-order valence-electron chi connectivity index (χ0n) is 12.5. The van der Waals surface area contributed by atoms with Crippen LogP contribution in [0.4, 0.5) is 20.2 Å². The summed E-state index contributed by atoms with van der Waals surface area (Å²) in [4.78, 5) is 3.82. The van der Waals surface area contributed by atoms with Crippen LogP contribution < -0.4 is 10.6 Å². The Bertz CT molecular complexity index is 540. The van der Waals surface area contributed by atoms with Crippen LogP contribution in [-0.2, 0) is 4.74 Å². The molecule has 116 valence electrons. The summed E-state index contributed by atoms with van der Waals surface area (Å²) >= 11 is 0. The van der Waals surface area contributed by atoms with E-state index in [-0.39, 0.29) is 22.7 Å². The third kappa shape index (κ3) is 3.10. The van der Waals surface area contributed by atoms with Gasteiger partial charge in [0.25, 0.3) is 0 Å². The number of rotatable bonds is 4. The molecule has 1 aromatic carbocycles. The van der Waals surface area contributed by atoms with Crippen LogP contribution in [0.1, 0.15) is 12.5 Å². The molecule has 21 heavy (non-hydrogen) atoms. The molecule has 1 aliphatic heterocycles. The molecule has 0 unspecified atom stereocenters. The lowest BCUT2D eigenvalue weighted by molar-refractivity contribution is 0.297. The second-order valence-corrected chi connectivity index (χ2v) is 5.13. The topological polar surface area (TPSA) is 41.7 Å². The first-order valence-corrected chi connectivity index (χ1v) is 6.98. The molecule has 0 saturated carbocycles. The summed E-state index contributed by atoms with van der Waals surface area (Å²) in [6.07, 6.45) is 0. The Morgan fingerprint density at radius 2 is 1.95 bits per heavy atom. The van der Waals surface area contributed by atoms with Crippen LogP contribution in [0, 0.1) is 11.6 Å². The number of halogens is 2. The highest BCUT2D eigenvalue weighted by Gasteiger charge is 2.26. The third-order valence-corrected chi connectivity index (χ3v) is 3.64. The summed E-state index contributed by atoms with van der Waals surface area (Å²) in [5, 5.41) is 0. The second kappa shape index (κ2) is 6.30. The molecule has 2 N–H and O–H groups in total. The Morgan fingerprint density at radius 3 is 2.52 bits per heavy atom. The van der Waals surface area contributed by atoms with E-state index < -0.39 is 11.6 Å². The molecule has 2 rings (SSSR count). The average Bonchev–Trinajstić information content (AvgIpc) is 2.40. The van der Waals surface area contributed by atoms with E-state index in [1.807, 2.05) is 7.05 Å². The second-order valence-electron chi connectivity index (χ2n) is 5.13. The Balaban J connectivity index is 2.41. The first-order chi connectivity index (χ1) is 9.95. The number of nitrogens with two attached hydrogens (primary N) is 1. The van der Waals surface area contributed by atoms with Crippen molar-refractivity contribution in [3.05, 3.63) is 29.8 Å². The van der Waals surface area contributed by atoms with Gasteiger partial charge in [0, 0.05) is 31.9 Å². The molecule has 0 radical (unpaired) electrons. The SMILES string of the molecule is C=C(OCC)c1c(N)cc(F)c(N2CCN(C)CC2)c1F. The van der Waals surface area contributed by atoms with E-state index in [9.17, 15) is 8.78 Å². The lowest BCUT2D eigenvalue weighted by atomic mass is 10.1. The van der Waals surface area contributed by atoms with Gasteiger partial charge in [0.15, 0.2) is 11.6 Å². The maximum absolute atomic E-state index is 14.7. The van der Waals surface area contributed by atoms with E-state index >= 15 is 0 Å². The maximum Gasteiger partial charge on any atom is 0.162 e. The van der Waals surface area contributed by atoms with Crippen molar-refractivity contribution in [3.63, 3.8) is 0 Å². The number of benzene rings is 1. The molecule has 6 heteroatoms. The fourth-order valence-corrected chi connectivity index (χ4v) is 2.48. The zero-order chi connectivity index (χ0) is 15.6. The Hall–Kier alpha value is -1.82. The first-order valence-electron chi connectivity index (χ1n) is 6.98. The molecule has 1 saturated heterocycles. The van der Waals surface area contributed by atoms with Crippen molar-refractivity contribution >= 4 is 17.1 Å². The summed E-state index contributed by atoms with van der Waals surface area (Å²) in [5.74, 6) is -1.22. The minimum Gasteiger partial charge on any atom is -0.494 e. The van der Waals surface area contributed by atoms with E-state index in [0.29, 0.717) is 19.7 Å². The minimum absolute atomic E-state index is 0.00123. The van der Waals surface area contributed by atoms with Crippen LogP contribution in [0.3, 0.4) is 0 Å². The molecule has 0 atom stereocenters. The Morgan fingerprint density at radius 1 is 1.33 bits per heavy atom. The van der Waals surface area contributed by atoms with Crippen LogP contribution in [0.5, 0.6) is 0 Å². The average molecular weight is 297 g/mol. The number of nitrogen functional groups attached to an aromatic ring is 1. The van der Waals surface area contributed by atoms with Crippen molar-refractivity contribution in [2.24, 2.45) is 0 Å². The number of nitrogens with zero attached hydrogens (tertiary/aromatic N) is 2. The number of likely N-dealkylation sites (N-methyl/N-ethyl adjacent to an activating group) is 1. The smallest absolute Gasteiger partial charge is 0.162 e. The molecule has 0 amide bonds. The highest BCUT2D eigenvalue weighted by Crippen LogP contribution is 2.34. The first kappa shape index (κ1) is 15.6. The van der Waals surface area contributed by atoms with Gasteiger partial charge in [-0.05, 0) is 20.0 Å². The molecule has 0 aliphatic carbocycles. The highest BCUT2D eigenvalue weighted by atomic mass is 19.1. The number of hydrogen-bond acceptors (Lipinski definition) is 4. The fraction of sp³-hybridized carbons (Fsp3) is 0.467. The summed E-state index contributed by atoms with van der Waals surface area (Å²) in [6, 6.07) is 1.14. The molecule has 0 aromatic heterocycles. The maximum atomic E-state index is 14.7. The molecule has 1 heterocycles. The fourth-order valence-electron chi connectivity index (χ4n) is 2.48. The number of piperazine rings is 1. The van der Waals surface area contributed by atoms with E-state index in [0.717, 1.165) is 19.2 Å². The normalized spacial score (nSPS) is 16.1. The van der Waals surface area contributed by atoms with Gasteiger partial charge in [-0.25, -0.2) is 8.78 Å². The zero-order valence-corrected chi connectivity index (χ0v) is 12.5. The van der Waals surface area contributed by atoms with Gasteiger partial charge in [-0.3, -0.25) is 0 Å². The van der Waals surface area contributed by atoms with Crippen LogP contribution in [-0.4, -0.2) is 44.7 Å². The van der Waals surface area contributed by atoms with Crippen LogP contribution in [0.15, 0.2) is 12.6 Å². The van der Waals surface area contributed by atoms with Crippen LogP contribution >= 0.6 is 0 Å². The minimum atomic E-state index is -0.699. The van der Waals surface area contributed by atoms with Gasteiger partial charge in [-0.15, -0.1) is 0 Å². The van der Waals surface area contributed by atoms with E-state index in [4.69, 9.17) is 10.5 Å². The predicted octanol–water partition coefficient (Wildman–Crippen LogP) is 2.31. The summed E-state index contributed by atoms with van der Waals surface area (Å²) in [6.45, 7) is 8.43. The van der Waals surface area contributed by atoms with E-state index in [1.165, 1.54) is 0 Å². The third-order valence-electron chi connectivity index (χ3n) is 3.64. The van der Waals surface area contributed by atoms with Crippen molar-refractivity contribution in [3.8, 4) is 0 Å². The van der Waals surface area contributed by atoms with Crippen molar-refractivity contribution in [2.45, 2.75) is 6.92 Å². The van der Waals surface area contributed by atoms with Gasteiger partial charge >= 0.3 is 0 Å². The lowest BCUT2D eigenvalue weighted by Gasteiger charge is -2.34. The summed E-state index contributed by atoms with van der Waals surface area (Å²) in [5.41, 5.74) is 5.73. The van der Waals surface area contributed by atoms with Crippen molar-refractivity contribution in [1.29, 1.82) is 0 Å². The van der Waals surface area contributed by atoms with Gasteiger partial charge in [0.1, 0.15) is 11.4 Å². The molecular formula is C15H21F2N3O. The summed E-state index contributed by atoms with van der Waals surface area (Å²) < 4.78 is 34.1. The van der Waals surface area contributed by atoms with Gasteiger partial charge < -0.3 is 20.3 Å². The number of hydrogen-bond donors (Lipinski definition) is 1. The lowest BCUT2D eigenvalue weighted by Crippen LogP contribution is -2.45. The largest absolute Gasteiger partial charge is 0.494 e. The molecule has 1 aliphatic rings. The van der Waals surface area contributed by atoms with Crippen molar-refractivity contribution < 1.29 is 13.5 Å². The monoisotopic (exact) mass is 297 g/mol. The molecule has 0 spiro atoms. The van der Waals surface area contributed by atoms with Gasteiger partial charge in [-0.2, -0.15) is 0 Å². The summed E-state index contributed by atoms with van der Waals surface area (Å²) in [7, 11) is 1.98. The molecule has 4 nitrogen and oxygen atoms in total. The van der Waals surface area contributed by atoms with Crippen LogP contribution in [0.25, 0.3) is 5.76 Å². The Labute approximate surface area is 123 Å². The molecule has 1 aromatic rings. The van der Waals surface area contributed by atoms with Gasteiger partial charge in [0.05, 0.1) is 12.2 Å². The quantitative estimate of drug-likeness (QED) is 0.684. The standard InChI is InChI=1S/C15H21F2N3O/c1-4-21-10(2)13-12(18)9-11(16)15(14(13)17)20-7-5-19(3)6-8-20/h9H,2,4-8,18H2,1,3H3.